The van der Waals surface area contributed by atoms with Gasteiger partial charge in [0.1, 0.15) is 0 Å². The van der Waals surface area contributed by atoms with Crippen LogP contribution in [0.5, 0.6) is 0 Å². The molecule has 24 heavy (non-hydrogen) atoms. The Kier molecular flexibility index (Phi) is 5.55. The van der Waals surface area contributed by atoms with Gasteiger partial charge >= 0.3 is 0 Å². The van der Waals surface area contributed by atoms with Gasteiger partial charge in [0.25, 0.3) is 0 Å². The van der Waals surface area contributed by atoms with Gasteiger partial charge in [0, 0.05) is 11.6 Å². The second kappa shape index (κ2) is 7.83. The first kappa shape index (κ1) is 17.0. The fourth-order valence-electron chi connectivity index (χ4n) is 4.13. The second-order valence-corrected chi connectivity index (χ2v) is 7.39. The van der Waals surface area contributed by atoms with E-state index in [0.717, 1.165) is 44.2 Å². The van der Waals surface area contributed by atoms with Gasteiger partial charge in [-0.15, -0.1) is 0 Å². The lowest BCUT2D eigenvalue weighted by Gasteiger charge is -2.07. The van der Waals surface area contributed by atoms with Crippen LogP contribution in [0, 0.1) is 31.6 Å². The number of amides is 1. The first-order valence-electron chi connectivity index (χ1n) is 9.34. The molecule has 128 valence electrons. The van der Waals surface area contributed by atoms with E-state index in [1.54, 1.807) is 0 Å². The molecular formula is C22H29NO. The van der Waals surface area contributed by atoms with Crippen LogP contribution in [-0.2, 0) is 4.79 Å². The fraction of sp³-hybridized carbons (Fsp3) is 0.500. The van der Waals surface area contributed by atoms with Crippen LogP contribution >= 0.6 is 0 Å². The van der Waals surface area contributed by atoms with Crippen molar-refractivity contribution in [3.8, 4) is 0 Å². The first-order chi connectivity index (χ1) is 11.6. The molecular weight excluding hydrogens is 294 g/mol. The molecule has 0 spiro atoms. The maximum absolute atomic E-state index is 12.7. The van der Waals surface area contributed by atoms with Crippen molar-refractivity contribution >= 4 is 11.6 Å². The Balaban J connectivity index is 1.64. The number of aryl methyl sites for hydroxylation is 2. The summed E-state index contributed by atoms with van der Waals surface area (Å²) >= 11 is 0. The molecule has 1 saturated carbocycles. The number of fused-ring (bicyclic) bond motifs is 1. The number of allylic oxidation sites excluding steroid dienone is 4. The number of carbonyl (C=O) groups excluding carboxylic acids is 1. The van der Waals surface area contributed by atoms with Gasteiger partial charge in [0.05, 0.1) is 0 Å². The third kappa shape index (κ3) is 4.37. The summed E-state index contributed by atoms with van der Waals surface area (Å²) in [6.45, 7) is 4.15. The lowest BCUT2D eigenvalue weighted by Crippen LogP contribution is -2.16. The van der Waals surface area contributed by atoms with Crippen molar-refractivity contribution in [1.82, 2.24) is 0 Å². The van der Waals surface area contributed by atoms with Gasteiger partial charge in [-0.3, -0.25) is 4.79 Å². The van der Waals surface area contributed by atoms with E-state index >= 15 is 0 Å². The molecule has 0 aliphatic heterocycles. The smallest absolute Gasteiger partial charge is 0.228 e. The molecule has 2 aliphatic carbocycles. The molecule has 0 bridgehead atoms. The molecule has 1 unspecified atom stereocenters. The fourth-order valence-corrected chi connectivity index (χ4v) is 4.13. The third-order valence-electron chi connectivity index (χ3n) is 5.29. The van der Waals surface area contributed by atoms with Crippen LogP contribution in [0.2, 0.25) is 0 Å². The molecule has 1 aromatic rings. The van der Waals surface area contributed by atoms with Crippen molar-refractivity contribution < 1.29 is 4.79 Å². The quantitative estimate of drug-likeness (QED) is 0.708. The molecule has 0 heterocycles. The van der Waals surface area contributed by atoms with Crippen LogP contribution in [0.15, 0.2) is 42.5 Å². The molecule has 0 saturated heterocycles. The molecule has 2 heteroatoms. The standard InChI is InChI=1S/C22H29NO/c1-16-13-17(2)15-18(14-16)23-22(24)21-19-11-9-7-5-3-4-6-8-10-12-20(19)21/h5-8,13-15,19-21H,3-4,9-12H2,1-2H3,(H,23,24)/b7-5-,8-6+/t19-,20+,21?/m0/s1. The SMILES string of the molecule is Cc1cc(C)cc(NC(=O)C2[C@H]3CC/C=C\CC/C=C/CC[C@@H]23)c1. The summed E-state index contributed by atoms with van der Waals surface area (Å²) in [6, 6.07) is 6.26. The summed E-state index contributed by atoms with van der Waals surface area (Å²) < 4.78 is 0. The van der Waals surface area contributed by atoms with E-state index in [-0.39, 0.29) is 11.8 Å². The minimum absolute atomic E-state index is 0.202. The van der Waals surface area contributed by atoms with E-state index in [1.807, 2.05) is 0 Å². The predicted octanol–water partition coefficient (Wildman–Crippen LogP) is 5.57. The summed E-state index contributed by atoms with van der Waals surface area (Å²) in [5, 5.41) is 3.16. The van der Waals surface area contributed by atoms with Crippen LogP contribution in [0.1, 0.15) is 49.7 Å². The van der Waals surface area contributed by atoms with Crippen LogP contribution in [-0.4, -0.2) is 5.91 Å². The molecule has 2 aliphatic rings. The van der Waals surface area contributed by atoms with E-state index < -0.39 is 0 Å². The highest BCUT2D eigenvalue weighted by Crippen LogP contribution is 2.52. The minimum Gasteiger partial charge on any atom is -0.326 e. The second-order valence-electron chi connectivity index (χ2n) is 7.39. The average Bonchev–Trinajstić information content (AvgIpc) is 3.18. The number of rotatable bonds is 2. The van der Waals surface area contributed by atoms with Crippen molar-refractivity contribution in [3.05, 3.63) is 53.6 Å². The van der Waals surface area contributed by atoms with Gasteiger partial charge < -0.3 is 5.32 Å². The predicted molar refractivity (Wildman–Crippen MR) is 101 cm³/mol. The molecule has 0 radical (unpaired) electrons. The zero-order chi connectivity index (χ0) is 16.9. The highest BCUT2D eigenvalue weighted by molar-refractivity contribution is 5.95. The summed E-state index contributed by atoms with van der Waals surface area (Å²) in [7, 11) is 0. The van der Waals surface area contributed by atoms with Crippen molar-refractivity contribution in [3.63, 3.8) is 0 Å². The Labute approximate surface area is 146 Å². The van der Waals surface area contributed by atoms with Gasteiger partial charge in [0.15, 0.2) is 0 Å². The first-order valence-corrected chi connectivity index (χ1v) is 9.34. The summed E-state index contributed by atoms with van der Waals surface area (Å²) in [4.78, 5) is 12.7. The topological polar surface area (TPSA) is 29.1 Å². The van der Waals surface area contributed by atoms with Crippen LogP contribution in [0.4, 0.5) is 5.69 Å². The molecule has 1 amide bonds. The number of hydrogen-bond donors (Lipinski definition) is 1. The number of hydrogen-bond acceptors (Lipinski definition) is 1. The number of benzene rings is 1. The maximum Gasteiger partial charge on any atom is 0.228 e. The molecule has 3 rings (SSSR count). The zero-order valence-corrected chi connectivity index (χ0v) is 14.9. The van der Waals surface area contributed by atoms with E-state index in [1.165, 1.54) is 11.1 Å². The number of anilines is 1. The summed E-state index contributed by atoms with van der Waals surface area (Å²) in [5.74, 6) is 1.55. The van der Waals surface area contributed by atoms with Crippen molar-refractivity contribution in [2.45, 2.75) is 52.4 Å². The average molecular weight is 323 g/mol. The highest BCUT2D eigenvalue weighted by atomic mass is 16.2. The van der Waals surface area contributed by atoms with Gasteiger partial charge in [-0.25, -0.2) is 0 Å². The Bertz CT molecular complexity index is 599. The van der Waals surface area contributed by atoms with Crippen molar-refractivity contribution in [2.24, 2.45) is 17.8 Å². The van der Waals surface area contributed by atoms with Crippen LogP contribution in [0.3, 0.4) is 0 Å². The lowest BCUT2D eigenvalue weighted by molar-refractivity contribution is -0.117. The normalized spacial score (nSPS) is 29.5. The Morgan fingerprint density at radius 1 is 0.833 bits per heavy atom. The molecule has 3 atom stereocenters. The lowest BCUT2D eigenvalue weighted by atomic mass is 10.1. The third-order valence-corrected chi connectivity index (χ3v) is 5.29. The number of nitrogens with one attached hydrogen (secondary N) is 1. The molecule has 1 aromatic carbocycles. The zero-order valence-electron chi connectivity index (χ0n) is 14.9. The Hall–Kier alpha value is -1.83. The van der Waals surface area contributed by atoms with Gasteiger partial charge in [0.2, 0.25) is 5.91 Å². The Morgan fingerprint density at radius 2 is 1.33 bits per heavy atom. The van der Waals surface area contributed by atoms with Crippen molar-refractivity contribution in [1.29, 1.82) is 0 Å². The van der Waals surface area contributed by atoms with E-state index in [0.29, 0.717) is 11.8 Å². The largest absolute Gasteiger partial charge is 0.326 e. The number of carbonyl (C=O) groups is 1. The molecule has 1 N–H and O–H groups in total. The maximum atomic E-state index is 12.7. The van der Waals surface area contributed by atoms with Crippen molar-refractivity contribution in [2.75, 3.05) is 5.32 Å². The van der Waals surface area contributed by atoms with E-state index in [9.17, 15) is 4.79 Å². The summed E-state index contributed by atoms with van der Waals surface area (Å²) in [5.41, 5.74) is 3.34. The molecule has 2 nitrogen and oxygen atoms in total. The Morgan fingerprint density at radius 3 is 1.88 bits per heavy atom. The van der Waals surface area contributed by atoms with E-state index in [4.69, 9.17) is 0 Å². The molecule has 1 fully saturated rings. The van der Waals surface area contributed by atoms with Gasteiger partial charge in [-0.2, -0.15) is 0 Å². The monoisotopic (exact) mass is 323 g/mol. The minimum atomic E-state index is 0.202. The summed E-state index contributed by atoms with van der Waals surface area (Å²) in [6.07, 6.45) is 16.0. The highest BCUT2D eigenvalue weighted by Gasteiger charge is 2.52. The van der Waals surface area contributed by atoms with Crippen LogP contribution < -0.4 is 5.32 Å². The van der Waals surface area contributed by atoms with Gasteiger partial charge in [-0.05, 0) is 87.5 Å². The van der Waals surface area contributed by atoms with Crippen LogP contribution in [0.25, 0.3) is 0 Å². The molecule has 0 aromatic heterocycles. The van der Waals surface area contributed by atoms with Gasteiger partial charge in [-0.1, -0.05) is 30.4 Å². The van der Waals surface area contributed by atoms with E-state index in [2.05, 4.69) is 61.7 Å².